The highest BCUT2D eigenvalue weighted by Gasteiger charge is 2.49. The number of benzene rings is 5. The van der Waals surface area contributed by atoms with E-state index in [0.717, 1.165) is 0 Å². The van der Waals surface area contributed by atoms with E-state index in [1.165, 1.54) is 12.1 Å². The summed E-state index contributed by atoms with van der Waals surface area (Å²) in [5, 5.41) is 1.50. The molecule has 0 N–H and O–H groups in total. The molecule has 2 aliphatic heterocycles. The van der Waals surface area contributed by atoms with Gasteiger partial charge in [0.1, 0.15) is 16.1 Å². The smallest absolute Gasteiger partial charge is 0.200 e. The van der Waals surface area contributed by atoms with Crippen LogP contribution < -0.4 is 10.4 Å². The van der Waals surface area contributed by atoms with Crippen molar-refractivity contribution in [3.63, 3.8) is 0 Å². The fraction of sp³-hybridized carbons (Fsp3) is 0.105. The van der Waals surface area contributed by atoms with Gasteiger partial charge in [-0.25, -0.2) is 43.9 Å². The maximum absolute atomic E-state index is 15.8. The normalized spacial score (nSPS) is 16.0. The summed E-state index contributed by atoms with van der Waals surface area (Å²) in [4.78, 5) is 0. The Balaban J connectivity index is 1.64. The van der Waals surface area contributed by atoms with Crippen LogP contribution in [0.4, 0.5) is 43.9 Å². The van der Waals surface area contributed by atoms with Gasteiger partial charge in [-0.3, -0.25) is 0 Å². The second-order valence-electron chi connectivity index (χ2n) is 13.3. The van der Waals surface area contributed by atoms with Crippen LogP contribution in [0.5, 0.6) is 0 Å². The van der Waals surface area contributed by atoms with Crippen LogP contribution in [0.15, 0.2) is 72.8 Å². The fourth-order valence-corrected chi connectivity index (χ4v) is 14.4. The third kappa shape index (κ3) is 4.50. The van der Waals surface area contributed by atoms with Crippen LogP contribution >= 0.6 is 0 Å². The highest BCUT2D eigenvalue weighted by atomic mass is 28.3. The number of fused-ring (bicyclic) bond motifs is 2. The van der Waals surface area contributed by atoms with Gasteiger partial charge >= 0.3 is 0 Å². The molecule has 12 heteroatoms. The molecule has 0 saturated carbocycles. The molecule has 0 bridgehead atoms. The molecule has 254 valence electrons. The van der Waals surface area contributed by atoms with Gasteiger partial charge in [-0.2, -0.15) is 0 Å². The maximum Gasteiger partial charge on any atom is 0.200 e. The third-order valence-corrected chi connectivity index (χ3v) is 16.9. The number of rotatable bonds is 4. The minimum absolute atomic E-state index is 0.161. The first-order valence-electron chi connectivity index (χ1n) is 15.4. The van der Waals surface area contributed by atoms with E-state index in [9.17, 15) is 26.3 Å². The molecule has 0 unspecified atom stereocenters. The highest BCUT2D eigenvalue weighted by Crippen LogP contribution is 2.50. The molecule has 2 aliphatic rings. The van der Waals surface area contributed by atoms with Gasteiger partial charge in [0.25, 0.3) is 0 Å². The molecule has 50 heavy (non-hydrogen) atoms. The zero-order chi connectivity index (χ0) is 36.2. The monoisotopic (exact) mass is 726 g/mol. The van der Waals surface area contributed by atoms with Crippen molar-refractivity contribution in [2.75, 3.05) is 0 Å². The predicted octanol–water partition coefficient (Wildman–Crippen LogP) is 9.93. The Morgan fingerprint density at radius 1 is 0.360 bits per heavy atom. The van der Waals surface area contributed by atoms with Gasteiger partial charge in [0.15, 0.2) is 46.5 Å². The predicted molar refractivity (Wildman–Crippen MR) is 178 cm³/mol. The second kappa shape index (κ2) is 11.4. The fourth-order valence-electron chi connectivity index (χ4n) is 7.60. The lowest BCUT2D eigenvalue weighted by Gasteiger charge is -2.25. The van der Waals surface area contributed by atoms with E-state index in [4.69, 9.17) is 0 Å². The summed E-state index contributed by atoms with van der Waals surface area (Å²) >= 11 is 0. The van der Waals surface area contributed by atoms with Crippen molar-refractivity contribution in [1.29, 1.82) is 0 Å². The molecular formula is C38H24F10Si2. The molecule has 5 aromatic carbocycles. The van der Waals surface area contributed by atoms with E-state index in [2.05, 4.69) is 0 Å². The standard InChI is InChI=1S/C38H24F10Si2/c1-49(2)21-15-20-22(16-19(21)23(37(49)17-11-7-5-8-12-17)25-27(39)31(43)35(47)32(44)28(25)40)50(3,4)38(18-13-9-6-10-14-18)24(20)26-29(41)33(45)36(48)34(46)30(26)42/h5-16H,1-4H3. The van der Waals surface area contributed by atoms with Crippen molar-refractivity contribution >= 4 is 48.1 Å². The summed E-state index contributed by atoms with van der Waals surface area (Å²) in [7, 11) is -6.49. The van der Waals surface area contributed by atoms with E-state index in [-0.39, 0.29) is 22.3 Å². The van der Waals surface area contributed by atoms with Crippen molar-refractivity contribution in [2.45, 2.75) is 26.2 Å². The van der Waals surface area contributed by atoms with E-state index in [0.29, 0.717) is 31.9 Å². The van der Waals surface area contributed by atoms with Crippen LogP contribution in [0, 0.1) is 58.2 Å². The Morgan fingerprint density at radius 3 is 0.900 bits per heavy atom. The molecule has 2 heterocycles. The molecule has 0 atom stereocenters. The molecule has 0 radical (unpaired) electrons. The van der Waals surface area contributed by atoms with Crippen LogP contribution in [-0.4, -0.2) is 16.1 Å². The average Bonchev–Trinajstić information content (AvgIpc) is 3.47. The lowest BCUT2D eigenvalue weighted by molar-refractivity contribution is 0.376. The first-order chi connectivity index (χ1) is 23.5. The van der Waals surface area contributed by atoms with Crippen LogP contribution in [0.25, 0.3) is 21.5 Å². The molecule has 0 saturated heterocycles. The van der Waals surface area contributed by atoms with Crippen molar-refractivity contribution in [3.8, 4) is 0 Å². The first kappa shape index (κ1) is 33.8. The maximum atomic E-state index is 15.8. The van der Waals surface area contributed by atoms with Gasteiger partial charge < -0.3 is 0 Å². The van der Waals surface area contributed by atoms with E-state index >= 15 is 17.6 Å². The first-order valence-corrected chi connectivity index (χ1v) is 21.4. The molecule has 5 aromatic rings. The van der Waals surface area contributed by atoms with Crippen LogP contribution in [0.1, 0.15) is 33.4 Å². The summed E-state index contributed by atoms with van der Waals surface area (Å²) in [6, 6.07) is 19.6. The quantitative estimate of drug-likeness (QED) is 0.0749. The lowest BCUT2D eigenvalue weighted by atomic mass is 9.90. The molecule has 0 aromatic heterocycles. The topological polar surface area (TPSA) is 0 Å². The Morgan fingerprint density at radius 2 is 0.620 bits per heavy atom. The summed E-state index contributed by atoms with van der Waals surface area (Å²) in [6.45, 7) is 7.15. The Hall–Kier alpha value is -4.69. The van der Waals surface area contributed by atoms with Gasteiger partial charge in [0.2, 0.25) is 11.6 Å². The van der Waals surface area contributed by atoms with Crippen LogP contribution in [0.2, 0.25) is 26.2 Å². The SMILES string of the molecule is C[Si]1(C)C(c2ccccc2)=C(c2c(F)c(F)c(F)c(F)c2F)c2cc3c(cc21)C(c1c(F)c(F)c(F)c(F)c1F)=C(c1ccccc1)[Si]3(C)C. The third-order valence-electron chi connectivity index (χ3n) is 9.84. The van der Waals surface area contributed by atoms with Gasteiger partial charge in [-0.05, 0) is 54.2 Å². The Kier molecular flexibility index (Phi) is 7.72. The molecule has 0 amide bonds. The van der Waals surface area contributed by atoms with Gasteiger partial charge in [-0.15, -0.1) is 0 Å². The van der Waals surface area contributed by atoms with Crippen molar-refractivity contribution < 1.29 is 43.9 Å². The summed E-state index contributed by atoms with van der Waals surface area (Å²) in [5.41, 5.74) is -1.43. The zero-order valence-corrected chi connectivity index (χ0v) is 28.7. The molecule has 0 spiro atoms. The van der Waals surface area contributed by atoms with Crippen LogP contribution in [0.3, 0.4) is 0 Å². The second-order valence-corrected chi connectivity index (χ2v) is 21.9. The molecule has 0 nitrogen and oxygen atoms in total. The Bertz CT molecular complexity index is 2140. The number of hydrogen-bond acceptors (Lipinski definition) is 0. The zero-order valence-electron chi connectivity index (χ0n) is 26.7. The molecule has 7 rings (SSSR count). The van der Waals surface area contributed by atoms with Gasteiger partial charge in [0.05, 0.1) is 11.1 Å². The summed E-state index contributed by atoms with van der Waals surface area (Å²) in [5.74, 6) is -21.2. The molecule has 0 fully saturated rings. The minimum Gasteiger partial charge on any atom is -0.203 e. The summed E-state index contributed by atoms with van der Waals surface area (Å²) in [6.07, 6.45) is 0. The summed E-state index contributed by atoms with van der Waals surface area (Å²) < 4.78 is 151. The van der Waals surface area contributed by atoms with Crippen molar-refractivity contribution in [1.82, 2.24) is 0 Å². The van der Waals surface area contributed by atoms with E-state index < -0.39 is 85.4 Å². The highest BCUT2D eigenvalue weighted by molar-refractivity contribution is 7.10. The van der Waals surface area contributed by atoms with Crippen LogP contribution in [-0.2, 0) is 0 Å². The van der Waals surface area contributed by atoms with Crippen molar-refractivity contribution in [2.24, 2.45) is 0 Å². The Labute approximate surface area is 282 Å². The molecular weight excluding hydrogens is 703 g/mol. The van der Waals surface area contributed by atoms with Gasteiger partial charge in [-0.1, -0.05) is 99.0 Å². The largest absolute Gasteiger partial charge is 0.203 e. The van der Waals surface area contributed by atoms with Gasteiger partial charge in [0, 0.05) is 0 Å². The number of halogens is 10. The van der Waals surface area contributed by atoms with E-state index in [1.54, 1.807) is 86.9 Å². The molecule has 0 aliphatic carbocycles. The lowest BCUT2D eigenvalue weighted by Crippen LogP contribution is -2.45. The van der Waals surface area contributed by atoms with E-state index in [1.807, 2.05) is 0 Å². The van der Waals surface area contributed by atoms with Crippen molar-refractivity contribution in [3.05, 3.63) is 164 Å². The number of hydrogen-bond donors (Lipinski definition) is 0. The minimum atomic E-state index is -3.25. The average molecular weight is 727 g/mol.